The van der Waals surface area contributed by atoms with Crippen LogP contribution in [-0.4, -0.2) is 51.3 Å². The number of carbonyl (C=O) groups excluding carboxylic acids is 2. The monoisotopic (exact) mass is 322 g/mol. The van der Waals surface area contributed by atoms with Gasteiger partial charge < -0.3 is 24.8 Å². The average Bonchev–Trinajstić information content (AvgIpc) is 3.10. The van der Waals surface area contributed by atoms with Crippen LogP contribution in [0.2, 0.25) is 0 Å². The van der Waals surface area contributed by atoms with Crippen LogP contribution in [-0.2, 0) is 14.3 Å². The zero-order valence-corrected chi connectivity index (χ0v) is 13.2. The second kappa shape index (κ2) is 8.99. The summed E-state index contributed by atoms with van der Waals surface area (Å²) in [6.07, 6.45) is 1.93. The van der Waals surface area contributed by atoms with E-state index >= 15 is 0 Å². The van der Waals surface area contributed by atoms with Gasteiger partial charge >= 0.3 is 11.8 Å². The number of hydrogen-bond acceptors (Lipinski definition) is 5. The fourth-order valence-corrected chi connectivity index (χ4v) is 2.18. The summed E-state index contributed by atoms with van der Waals surface area (Å²) in [4.78, 5) is 23.2. The summed E-state index contributed by atoms with van der Waals surface area (Å²) in [7, 11) is 1.59. The van der Waals surface area contributed by atoms with E-state index in [1.165, 1.54) is 0 Å². The fraction of sp³-hybridized carbons (Fsp3) is 0.500. The number of hydrogen-bond donors (Lipinski definition) is 2. The van der Waals surface area contributed by atoms with Crippen molar-refractivity contribution in [3.05, 3.63) is 24.3 Å². The molecule has 0 aliphatic carbocycles. The molecule has 7 heteroatoms. The average molecular weight is 322 g/mol. The van der Waals surface area contributed by atoms with Crippen molar-refractivity contribution in [1.29, 1.82) is 0 Å². The first-order chi connectivity index (χ1) is 11.2. The zero-order chi connectivity index (χ0) is 16.5. The van der Waals surface area contributed by atoms with Gasteiger partial charge in [0.25, 0.3) is 0 Å². The van der Waals surface area contributed by atoms with Gasteiger partial charge in [0.2, 0.25) is 0 Å². The Labute approximate surface area is 135 Å². The van der Waals surface area contributed by atoms with Gasteiger partial charge in [-0.15, -0.1) is 0 Å². The highest BCUT2D eigenvalue weighted by Crippen LogP contribution is 2.16. The van der Waals surface area contributed by atoms with Crippen LogP contribution >= 0.6 is 0 Å². The highest BCUT2D eigenvalue weighted by Gasteiger charge is 2.18. The Morgan fingerprint density at radius 2 is 1.87 bits per heavy atom. The standard InChI is InChI=1S/C16H22N2O5/c1-21-12-4-6-13(7-5-12)23-10-8-17-15(19)16(20)18-11-14-3-2-9-22-14/h4-7,14H,2-3,8-11H2,1H3,(H,17,19)(H,18,20). The third-order valence-electron chi connectivity index (χ3n) is 3.44. The fourth-order valence-electron chi connectivity index (χ4n) is 2.18. The molecule has 0 saturated carbocycles. The van der Waals surface area contributed by atoms with Crippen LogP contribution in [0.4, 0.5) is 0 Å². The molecule has 1 saturated heterocycles. The summed E-state index contributed by atoms with van der Waals surface area (Å²) in [5.41, 5.74) is 0. The third-order valence-corrected chi connectivity index (χ3v) is 3.44. The minimum absolute atomic E-state index is 0.0187. The molecule has 1 aliphatic rings. The molecule has 1 atom stereocenters. The Kier molecular flexibility index (Phi) is 6.68. The van der Waals surface area contributed by atoms with Gasteiger partial charge in [0.1, 0.15) is 18.1 Å². The lowest BCUT2D eigenvalue weighted by molar-refractivity contribution is -0.139. The minimum Gasteiger partial charge on any atom is -0.497 e. The van der Waals surface area contributed by atoms with Gasteiger partial charge in [0, 0.05) is 13.2 Å². The van der Waals surface area contributed by atoms with Crippen molar-refractivity contribution in [1.82, 2.24) is 10.6 Å². The molecule has 1 aromatic carbocycles. The van der Waals surface area contributed by atoms with Crippen LogP contribution in [0, 0.1) is 0 Å². The lowest BCUT2D eigenvalue weighted by Crippen LogP contribution is -2.43. The molecular weight excluding hydrogens is 300 g/mol. The molecule has 1 heterocycles. The maximum atomic E-state index is 11.6. The van der Waals surface area contributed by atoms with Gasteiger partial charge in [-0.25, -0.2) is 0 Å². The number of nitrogens with one attached hydrogen (secondary N) is 2. The second-order valence-corrected chi connectivity index (χ2v) is 5.12. The summed E-state index contributed by atoms with van der Waals surface area (Å²) < 4.78 is 15.9. The maximum absolute atomic E-state index is 11.6. The first-order valence-corrected chi connectivity index (χ1v) is 7.63. The van der Waals surface area contributed by atoms with Gasteiger partial charge in [-0.05, 0) is 37.1 Å². The van der Waals surface area contributed by atoms with Crippen molar-refractivity contribution in [2.75, 3.05) is 33.4 Å². The van der Waals surface area contributed by atoms with Crippen LogP contribution in [0.25, 0.3) is 0 Å². The predicted octanol–water partition coefficient (Wildman–Crippen LogP) is 0.485. The lowest BCUT2D eigenvalue weighted by Gasteiger charge is -2.11. The Balaban J connectivity index is 1.58. The summed E-state index contributed by atoms with van der Waals surface area (Å²) >= 11 is 0. The summed E-state index contributed by atoms with van der Waals surface area (Å²) in [5.74, 6) is 0.0997. The van der Waals surface area contributed by atoms with Crippen LogP contribution in [0.15, 0.2) is 24.3 Å². The molecule has 1 aliphatic heterocycles. The molecule has 7 nitrogen and oxygen atoms in total. The van der Waals surface area contributed by atoms with Crippen molar-refractivity contribution < 1.29 is 23.8 Å². The first kappa shape index (κ1) is 17.1. The number of methoxy groups -OCH3 is 1. The number of benzene rings is 1. The van der Waals surface area contributed by atoms with Crippen molar-refractivity contribution in [3.8, 4) is 11.5 Å². The molecule has 0 aromatic heterocycles. The van der Waals surface area contributed by atoms with Gasteiger partial charge in [0.05, 0.1) is 19.8 Å². The maximum Gasteiger partial charge on any atom is 0.309 e. The van der Waals surface area contributed by atoms with Crippen molar-refractivity contribution in [2.24, 2.45) is 0 Å². The molecule has 2 N–H and O–H groups in total. The highest BCUT2D eigenvalue weighted by molar-refractivity contribution is 6.35. The van der Waals surface area contributed by atoms with Crippen molar-refractivity contribution in [2.45, 2.75) is 18.9 Å². The van der Waals surface area contributed by atoms with Crippen LogP contribution in [0.5, 0.6) is 11.5 Å². The Morgan fingerprint density at radius 3 is 2.52 bits per heavy atom. The molecule has 0 radical (unpaired) electrons. The Bertz CT molecular complexity index is 512. The lowest BCUT2D eigenvalue weighted by atomic mass is 10.2. The molecule has 1 fully saturated rings. The summed E-state index contributed by atoms with van der Waals surface area (Å²) in [5, 5.41) is 5.07. The largest absolute Gasteiger partial charge is 0.497 e. The van der Waals surface area contributed by atoms with Crippen LogP contribution < -0.4 is 20.1 Å². The van der Waals surface area contributed by atoms with Crippen LogP contribution in [0.3, 0.4) is 0 Å². The normalized spacial score (nSPS) is 16.7. The smallest absolute Gasteiger partial charge is 0.309 e. The molecule has 0 bridgehead atoms. The zero-order valence-electron chi connectivity index (χ0n) is 13.2. The van der Waals surface area contributed by atoms with E-state index in [0.717, 1.165) is 25.2 Å². The van der Waals surface area contributed by atoms with E-state index < -0.39 is 11.8 Å². The summed E-state index contributed by atoms with van der Waals surface area (Å²) in [6, 6.07) is 7.11. The van der Waals surface area contributed by atoms with Crippen LogP contribution in [0.1, 0.15) is 12.8 Å². The Morgan fingerprint density at radius 1 is 1.17 bits per heavy atom. The van der Waals surface area contributed by atoms with Gasteiger partial charge in [0.15, 0.2) is 0 Å². The molecule has 126 valence electrons. The Hall–Kier alpha value is -2.28. The number of amides is 2. The summed E-state index contributed by atoms with van der Waals surface area (Å²) in [6.45, 7) is 1.61. The van der Waals surface area contributed by atoms with Gasteiger partial charge in [-0.1, -0.05) is 0 Å². The first-order valence-electron chi connectivity index (χ1n) is 7.63. The number of rotatable bonds is 7. The molecule has 0 spiro atoms. The van der Waals surface area contributed by atoms with E-state index in [1.54, 1.807) is 31.4 Å². The third kappa shape index (κ3) is 5.78. The van der Waals surface area contributed by atoms with Crippen molar-refractivity contribution in [3.63, 3.8) is 0 Å². The van der Waals surface area contributed by atoms with E-state index in [9.17, 15) is 9.59 Å². The number of carbonyl (C=O) groups is 2. The van der Waals surface area contributed by atoms with E-state index in [-0.39, 0.29) is 19.3 Å². The minimum atomic E-state index is -0.665. The molecule has 23 heavy (non-hydrogen) atoms. The van der Waals surface area contributed by atoms with E-state index in [1.807, 2.05) is 0 Å². The molecule has 2 amide bonds. The number of ether oxygens (including phenoxy) is 3. The highest BCUT2D eigenvalue weighted by atomic mass is 16.5. The molecular formula is C16H22N2O5. The molecule has 2 rings (SSSR count). The van der Waals surface area contributed by atoms with Crippen molar-refractivity contribution >= 4 is 11.8 Å². The topological polar surface area (TPSA) is 85.9 Å². The van der Waals surface area contributed by atoms with Gasteiger partial charge in [-0.2, -0.15) is 0 Å². The quantitative estimate of drug-likeness (QED) is 0.563. The second-order valence-electron chi connectivity index (χ2n) is 5.12. The van der Waals surface area contributed by atoms with E-state index in [4.69, 9.17) is 14.2 Å². The predicted molar refractivity (Wildman–Crippen MR) is 83.5 cm³/mol. The molecule has 1 unspecified atom stereocenters. The van der Waals surface area contributed by atoms with E-state index in [2.05, 4.69) is 10.6 Å². The molecule has 1 aromatic rings. The van der Waals surface area contributed by atoms with E-state index in [0.29, 0.717) is 12.3 Å². The SMILES string of the molecule is COc1ccc(OCCNC(=O)C(=O)NCC2CCCO2)cc1. The van der Waals surface area contributed by atoms with Gasteiger partial charge in [-0.3, -0.25) is 9.59 Å².